The van der Waals surface area contributed by atoms with Crippen LogP contribution in [-0.4, -0.2) is 53.9 Å². The third-order valence-electron chi connectivity index (χ3n) is 4.99. The highest BCUT2D eigenvalue weighted by Gasteiger charge is 2.15. The molecule has 2 heterocycles. The third kappa shape index (κ3) is 10.0. The Labute approximate surface area is 217 Å². The largest absolute Gasteiger partial charge is 0.495 e. The van der Waals surface area contributed by atoms with Crippen molar-refractivity contribution in [3.63, 3.8) is 0 Å². The summed E-state index contributed by atoms with van der Waals surface area (Å²) in [5.41, 5.74) is 3.45. The number of ether oxygens (including phenoxy) is 1. The summed E-state index contributed by atoms with van der Waals surface area (Å²) in [6.45, 7) is 6.54. The average Bonchev–Trinajstić information content (AvgIpc) is 2.85. The Kier molecular flexibility index (Phi) is 11.2. The summed E-state index contributed by atoms with van der Waals surface area (Å²) in [5.74, 6) is 1.88. The minimum absolute atomic E-state index is 0.105. The Morgan fingerprint density at radius 3 is 2.51 bits per heavy atom. The van der Waals surface area contributed by atoms with Crippen LogP contribution in [0.3, 0.4) is 0 Å². The standard InChI is InChI=1S/C24H30N6O2.CH4O3S/c1-5-8-19(18-9-7-12-25-15-18)28-22-16(3)14-27-23(30-22)17-10-11-20(21(13-17)32-4)29-24(31)26-6-2;1-5(2,3)4/h7,9-15,19H,5-6,8H2,1-4H3,(H2,26,29,31)(H,27,28,30);1H3,(H,2,3,4)/t19-;/m0./s1. The molecule has 0 aliphatic heterocycles. The topological polar surface area (TPSA) is 155 Å². The van der Waals surface area contributed by atoms with Gasteiger partial charge in [0.25, 0.3) is 10.1 Å². The number of anilines is 2. The number of hydrogen-bond donors (Lipinski definition) is 4. The molecule has 200 valence electrons. The van der Waals surface area contributed by atoms with Crippen LogP contribution in [0.4, 0.5) is 16.3 Å². The quantitative estimate of drug-likeness (QED) is 0.293. The number of aryl methyl sites for hydroxylation is 1. The molecule has 11 nitrogen and oxygen atoms in total. The van der Waals surface area contributed by atoms with E-state index in [1.807, 2.05) is 44.4 Å². The van der Waals surface area contributed by atoms with Crippen LogP contribution < -0.4 is 20.7 Å². The molecular formula is C25H34N6O5S. The molecular weight excluding hydrogens is 496 g/mol. The number of nitrogens with zero attached hydrogens (tertiary/aromatic N) is 3. The molecule has 0 saturated heterocycles. The van der Waals surface area contributed by atoms with Gasteiger partial charge in [-0.15, -0.1) is 0 Å². The van der Waals surface area contributed by atoms with Gasteiger partial charge in [0.15, 0.2) is 5.82 Å². The van der Waals surface area contributed by atoms with Gasteiger partial charge in [-0.25, -0.2) is 14.8 Å². The molecule has 12 heteroatoms. The third-order valence-corrected chi connectivity index (χ3v) is 4.99. The minimum Gasteiger partial charge on any atom is -0.495 e. The molecule has 0 radical (unpaired) electrons. The molecule has 0 fully saturated rings. The summed E-state index contributed by atoms with van der Waals surface area (Å²) in [4.78, 5) is 25.4. The first-order chi connectivity index (χ1) is 17.5. The van der Waals surface area contributed by atoms with Crippen LogP contribution >= 0.6 is 0 Å². The number of nitrogens with one attached hydrogen (secondary N) is 3. The average molecular weight is 531 g/mol. The molecule has 37 heavy (non-hydrogen) atoms. The molecule has 0 aliphatic rings. The maximum absolute atomic E-state index is 11.9. The van der Waals surface area contributed by atoms with Crippen molar-refractivity contribution < 1.29 is 22.5 Å². The lowest BCUT2D eigenvalue weighted by molar-refractivity contribution is 0.252. The van der Waals surface area contributed by atoms with Crippen molar-refractivity contribution in [3.8, 4) is 17.1 Å². The van der Waals surface area contributed by atoms with Gasteiger partial charge in [-0.05, 0) is 50.1 Å². The van der Waals surface area contributed by atoms with Crippen LogP contribution in [-0.2, 0) is 10.1 Å². The molecule has 3 aromatic rings. The number of aromatic nitrogens is 3. The zero-order valence-electron chi connectivity index (χ0n) is 21.6. The second-order valence-corrected chi connectivity index (χ2v) is 9.60. The maximum Gasteiger partial charge on any atom is 0.319 e. The lowest BCUT2D eigenvalue weighted by Gasteiger charge is -2.20. The summed E-state index contributed by atoms with van der Waals surface area (Å²) in [5, 5.41) is 9.06. The van der Waals surface area contributed by atoms with E-state index in [1.54, 1.807) is 19.4 Å². The van der Waals surface area contributed by atoms with E-state index in [2.05, 4.69) is 38.9 Å². The number of pyridine rings is 1. The van der Waals surface area contributed by atoms with E-state index in [1.165, 1.54) is 0 Å². The van der Waals surface area contributed by atoms with Gasteiger partial charge >= 0.3 is 6.03 Å². The van der Waals surface area contributed by atoms with Crippen LogP contribution in [0.25, 0.3) is 11.4 Å². The SMILES string of the molecule is CCC[C@H](Nc1nc(-c2ccc(NC(=O)NCC)c(OC)c2)ncc1C)c1cccnc1.CS(=O)(=O)O. The summed E-state index contributed by atoms with van der Waals surface area (Å²) < 4.78 is 31.3. The van der Waals surface area contributed by atoms with Crippen molar-refractivity contribution in [1.29, 1.82) is 0 Å². The highest BCUT2D eigenvalue weighted by Crippen LogP contribution is 2.31. The van der Waals surface area contributed by atoms with Crippen molar-refractivity contribution in [1.82, 2.24) is 20.3 Å². The van der Waals surface area contributed by atoms with Crippen LogP contribution in [0.15, 0.2) is 48.9 Å². The number of hydrogen-bond acceptors (Lipinski definition) is 8. The highest BCUT2D eigenvalue weighted by atomic mass is 32.2. The van der Waals surface area contributed by atoms with Gasteiger partial charge < -0.3 is 20.7 Å². The number of amides is 2. The van der Waals surface area contributed by atoms with Gasteiger partial charge in [0.05, 0.1) is 25.1 Å². The molecule has 1 aromatic carbocycles. The van der Waals surface area contributed by atoms with Gasteiger partial charge in [0.2, 0.25) is 0 Å². The molecule has 3 rings (SSSR count). The maximum atomic E-state index is 11.9. The summed E-state index contributed by atoms with van der Waals surface area (Å²) in [7, 11) is -2.10. The van der Waals surface area contributed by atoms with Gasteiger partial charge in [-0.3, -0.25) is 9.54 Å². The van der Waals surface area contributed by atoms with Gasteiger partial charge in [-0.2, -0.15) is 8.42 Å². The summed E-state index contributed by atoms with van der Waals surface area (Å²) in [6, 6.07) is 9.31. The molecule has 0 unspecified atom stereocenters. The fourth-order valence-corrected chi connectivity index (χ4v) is 3.35. The first-order valence-electron chi connectivity index (χ1n) is 11.7. The minimum atomic E-state index is -3.67. The first-order valence-corrected chi connectivity index (χ1v) is 13.6. The fourth-order valence-electron chi connectivity index (χ4n) is 3.35. The van der Waals surface area contributed by atoms with E-state index in [-0.39, 0.29) is 12.1 Å². The van der Waals surface area contributed by atoms with Crippen LogP contribution in [0.5, 0.6) is 5.75 Å². The molecule has 0 bridgehead atoms. The Balaban J connectivity index is 0.000000877. The number of carbonyl (C=O) groups is 1. The van der Waals surface area contributed by atoms with Crippen LogP contribution in [0.2, 0.25) is 0 Å². The van der Waals surface area contributed by atoms with Crippen LogP contribution in [0.1, 0.15) is 43.9 Å². The van der Waals surface area contributed by atoms with Gasteiger partial charge in [-0.1, -0.05) is 19.4 Å². The predicted octanol–water partition coefficient (Wildman–Crippen LogP) is 4.45. The van der Waals surface area contributed by atoms with Crippen molar-refractivity contribution in [2.24, 2.45) is 0 Å². The number of rotatable bonds is 9. The molecule has 2 aromatic heterocycles. The number of urea groups is 1. The summed E-state index contributed by atoms with van der Waals surface area (Å²) >= 11 is 0. The summed E-state index contributed by atoms with van der Waals surface area (Å²) in [6.07, 6.45) is 8.17. The highest BCUT2D eigenvalue weighted by molar-refractivity contribution is 7.85. The monoisotopic (exact) mass is 530 g/mol. The Bertz CT molecular complexity index is 1260. The van der Waals surface area contributed by atoms with E-state index in [0.29, 0.717) is 30.1 Å². The first kappa shape index (κ1) is 29.5. The fraction of sp³-hybridized carbons (Fsp3) is 0.360. The molecule has 0 saturated carbocycles. The van der Waals surface area contributed by atoms with E-state index < -0.39 is 10.1 Å². The van der Waals surface area contributed by atoms with Crippen LogP contribution in [0, 0.1) is 6.92 Å². The van der Waals surface area contributed by atoms with Gasteiger partial charge in [0.1, 0.15) is 11.6 Å². The van der Waals surface area contributed by atoms with Crippen molar-refractivity contribution in [2.75, 3.05) is 30.5 Å². The number of carbonyl (C=O) groups excluding carboxylic acids is 1. The zero-order valence-corrected chi connectivity index (χ0v) is 22.5. The van der Waals surface area contributed by atoms with E-state index in [0.717, 1.165) is 35.3 Å². The van der Waals surface area contributed by atoms with Crippen molar-refractivity contribution in [3.05, 3.63) is 60.0 Å². The normalized spacial score (nSPS) is 11.5. The Morgan fingerprint density at radius 2 is 1.92 bits per heavy atom. The number of methoxy groups -OCH3 is 1. The van der Waals surface area contributed by atoms with E-state index in [4.69, 9.17) is 14.3 Å². The lowest BCUT2D eigenvalue weighted by Crippen LogP contribution is -2.28. The molecule has 1 atom stereocenters. The Morgan fingerprint density at radius 1 is 1.19 bits per heavy atom. The molecule has 2 amide bonds. The molecule has 0 aliphatic carbocycles. The lowest BCUT2D eigenvalue weighted by atomic mass is 10.0. The second-order valence-electron chi connectivity index (χ2n) is 8.13. The van der Waals surface area contributed by atoms with E-state index >= 15 is 0 Å². The molecule has 0 spiro atoms. The Hall–Kier alpha value is -3.77. The van der Waals surface area contributed by atoms with Crippen molar-refractivity contribution in [2.45, 2.75) is 39.7 Å². The second kappa shape index (κ2) is 14.1. The smallest absolute Gasteiger partial charge is 0.319 e. The number of benzene rings is 1. The van der Waals surface area contributed by atoms with Crippen molar-refractivity contribution >= 4 is 27.7 Å². The molecule has 4 N–H and O–H groups in total. The van der Waals surface area contributed by atoms with Gasteiger partial charge in [0, 0.05) is 36.3 Å². The predicted molar refractivity (Wildman–Crippen MR) is 144 cm³/mol. The van der Waals surface area contributed by atoms with E-state index in [9.17, 15) is 13.2 Å². The zero-order chi connectivity index (χ0) is 27.4.